The van der Waals surface area contributed by atoms with Gasteiger partial charge in [0.1, 0.15) is 11.3 Å². The normalized spacial score (nSPS) is 11.3. The molecule has 25 heavy (non-hydrogen) atoms. The van der Waals surface area contributed by atoms with Crippen LogP contribution in [-0.2, 0) is 13.0 Å². The van der Waals surface area contributed by atoms with Crippen molar-refractivity contribution in [3.63, 3.8) is 0 Å². The third kappa shape index (κ3) is 2.58. The van der Waals surface area contributed by atoms with Crippen molar-refractivity contribution in [1.29, 1.82) is 0 Å². The van der Waals surface area contributed by atoms with E-state index in [1.807, 2.05) is 55.5 Å². The predicted molar refractivity (Wildman–Crippen MR) is 97.2 cm³/mol. The Morgan fingerprint density at radius 2 is 1.80 bits per heavy atom. The SMILES string of the molecule is CCc1nc2c3ccccc3c(=O)n(Cc3ccc(OC)cc3)c2o1. The van der Waals surface area contributed by atoms with Crippen LogP contribution in [0.4, 0.5) is 0 Å². The molecule has 0 spiro atoms. The molecule has 2 aromatic heterocycles. The Balaban J connectivity index is 1.95. The molecule has 0 radical (unpaired) electrons. The Labute approximate surface area is 144 Å². The van der Waals surface area contributed by atoms with E-state index in [2.05, 4.69) is 4.98 Å². The van der Waals surface area contributed by atoms with E-state index in [0.29, 0.717) is 30.0 Å². The second kappa shape index (κ2) is 6.09. The number of methoxy groups -OCH3 is 1. The molecule has 0 unspecified atom stereocenters. The topological polar surface area (TPSA) is 57.3 Å². The second-order valence-electron chi connectivity index (χ2n) is 5.90. The molecule has 0 bridgehead atoms. The number of benzene rings is 2. The van der Waals surface area contributed by atoms with Crippen LogP contribution in [0.3, 0.4) is 0 Å². The lowest BCUT2D eigenvalue weighted by Crippen LogP contribution is -2.21. The van der Waals surface area contributed by atoms with Crippen LogP contribution in [0.25, 0.3) is 22.0 Å². The maximum absolute atomic E-state index is 13.0. The average molecular weight is 334 g/mol. The summed E-state index contributed by atoms with van der Waals surface area (Å²) in [7, 11) is 1.63. The molecule has 0 saturated carbocycles. The molecule has 0 amide bonds. The molecule has 0 atom stereocenters. The lowest BCUT2D eigenvalue weighted by atomic mass is 10.1. The van der Waals surface area contributed by atoms with Crippen molar-refractivity contribution in [1.82, 2.24) is 9.55 Å². The highest BCUT2D eigenvalue weighted by Crippen LogP contribution is 2.24. The molecular formula is C20H18N2O3. The maximum Gasteiger partial charge on any atom is 0.261 e. The van der Waals surface area contributed by atoms with Crippen molar-refractivity contribution in [2.24, 2.45) is 0 Å². The van der Waals surface area contributed by atoms with Crippen molar-refractivity contribution in [2.45, 2.75) is 19.9 Å². The standard InChI is InChI=1S/C20H18N2O3/c1-3-17-21-18-15-6-4-5-7-16(15)19(23)22(20(18)25-17)12-13-8-10-14(24-2)11-9-13/h4-11H,3,12H2,1-2H3. The zero-order chi connectivity index (χ0) is 17.4. The third-order valence-corrected chi connectivity index (χ3v) is 4.36. The van der Waals surface area contributed by atoms with Gasteiger partial charge in [-0.2, -0.15) is 0 Å². The number of aromatic nitrogens is 2. The van der Waals surface area contributed by atoms with Gasteiger partial charge in [-0.3, -0.25) is 9.36 Å². The summed E-state index contributed by atoms with van der Waals surface area (Å²) >= 11 is 0. The van der Waals surface area contributed by atoms with Crippen LogP contribution in [-0.4, -0.2) is 16.7 Å². The molecule has 0 aliphatic rings. The largest absolute Gasteiger partial charge is 0.497 e. The van der Waals surface area contributed by atoms with Gasteiger partial charge in [-0.25, -0.2) is 4.98 Å². The van der Waals surface area contributed by atoms with Crippen LogP contribution in [0.5, 0.6) is 5.75 Å². The minimum atomic E-state index is -0.0716. The smallest absolute Gasteiger partial charge is 0.261 e. The van der Waals surface area contributed by atoms with Crippen LogP contribution >= 0.6 is 0 Å². The lowest BCUT2D eigenvalue weighted by molar-refractivity contribution is 0.414. The molecular weight excluding hydrogens is 316 g/mol. The fourth-order valence-electron chi connectivity index (χ4n) is 3.04. The van der Waals surface area contributed by atoms with Gasteiger partial charge in [0.15, 0.2) is 5.89 Å². The van der Waals surface area contributed by atoms with Gasteiger partial charge in [-0.15, -0.1) is 0 Å². The van der Waals surface area contributed by atoms with E-state index < -0.39 is 0 Å². The van der Waals surface area contributed by atoms with Crippen LogP contribution in [0, 0.1) is 0 Å². The minimum absolute atomic E-state index is 0.0716. The molecule has 2 aromatic carbocycles. The van der Waals surface area contributed by atoms with Crippen molar-refractivity contribution in [3.8, 4) is 5.75 Å². The summed E-state index contributed by atoms with van der Waals surface area (Å²) in [6.07, 6.45) is 0.680. The van der Waals surface area contributed by atoms with Crippen molar-refractivity contribution in [3.05, 3.63) is 70.3 Å². The van der Waals surface area contributed by atoms with Crippen molar-refractivity contribution < 1.29 is 9.15 Å². The molecule has 0 N–H and O–H groups in total. The van der Waals surface area contributed by atoms with E-state index in [9.17, 15) is 4.79 Å². The van der Waals surface area contributed by atoms with Gasteiger partial charge >= 0.3 is 0 Å². The van der Waals surface area contributed by atoms with Gasteiger partial charge in [-0.05, 0) is 23.8 Å². The van der Waals surface area contributed by atoms with Crippen molar-refractivity contribution >= 4 is 22.0 Å². The molecule has 2 heterocycles. The fourth-order valence-corrected chi connectivity index (χ4v) is 3.04. The molecule has 126 valence electrons. The van der Waals surface area contributed by atoms with Crippen molar-refractivity contribution in [2.75, 3.05) is 7.11 Å². The summed E-state index contributed by atoms with van der Waals surface area (Å²) in [4.78, 5) is 17.6. The van der Waals surface area contributed by atoms with Gasteiger partial charge in [0, 0.05) is 17.2 Å². The van der Waals surface area contributed by atoms with E-state index in [1.54, 1.807) is 11.7 Å². The number of aryl methyl sites for hydroxylation is 1. The summed E-state index contributed by atoms with van der Waals surface area (Å²) < 4.78 is 12.7. The zero-order valence-corrected chi connectivity index (χ0v) is 14.2. The number of nitrogens with zero attached hydrogens (tertiary/aromatic N) is 2. The fraction of sp³-hybridized carbons (Fsp3) is 0.200. The van der Waals surface area contributed by atoms with E-state index >= 15 is 0 Å². The Bertz CT molecular complexity index is 1110. The zero-order valence-electron chi connectivity index (χ0n) is 14.2. The van der Waals surface area contributed by atoms with Crippen LogP contribution in [0.15, 0.2) is 57.7 Å². The first kappa shape index (κ1) is 15.4. The van der Waals surface area contributed by atoms with Gasteiger partial charge in [0.2, 0.25) is 5.71 Å². The highest BCUT2D eigenvalue weighted by atomic mass is 16.5. The molecule has 0 fully saturated rings. The first-order chi connectivity index (χ1) is 12.2. The number of hydrogen-bond acceptors (Lipinski definition) is 4. The highest BCUT2D eigenvalue weighted by Gasteiger charge is 2.16. The van der Waals surface area contributed by atoms with E-state index in [4.69, 9.17) is 9.15 Å². The third-order valence-electron chi connectivity index (χ3n) is 4.36. The Hall–Kier alpha value is -3.08. The predicted octanol–water partition coefficient (Wildman–Crippen LogP) is 3.76. The molecule has 4 aromatic rings. The first-order valence-corrected chi connectivity index (χ1v) is 8.25. The number of fused-ring (bicyclic) bond motifs is 3. The first-order valence-electron chi connectivity index (χ1n) is 8.25. The molecule has 4 rings (SSSR count). The quantitative estimate of drug-likeness (QED) is 0.570. The van der Waals surface area contributed by atoms with Gasteiger partial charge in [0.25, 0.3) is 5.56 Å². The van der Waals surface area contributed by atoms with Crippen LogP contribution < -0.4 is 10.3 Å². The van der Waals surface area contributed by atoms with E-state index in [-0.39, 0.29) is 5.56 Å². The lowest BCUT2D eigenvalue weighted by Gasteiger charge is -2.09. The maximum atomic E-state index is 13.0. The summed E-state index contributed by atoms with van der Waals surface area (Å²) in [6.45, 7) is 2.40. The van der Waals surface area contributed by atoms with E-state index in [1.165, 1.54) is 0 Å². The number of oxazole rings is 1. The number of pyridine rings is 1. The molecule has 5 heteroatoms. The number of rotatable bonds is 4. The molecule has 0 saturated heterocycles. The Morgan fingerprint density at radius 1 is 1.08 bits per heavy atom. The van der Waals surface area contributed by atoms with Crippen LogP contribution in [0.1, 0.15) is 18.4 Å². The van der Waals surface area contributed by atoms with Crippen LogP contribution in [0.2, 0.25) is 0 Å². The van der Waals surface area contributed by atoms with Gasteiger partial charge in [-0.1, -0.05) is 37.3 Å². The monoisotopic (exact) mass is 334 g/mol. The summed E-state index contributed by atoms with van der Waals surface area (Å²) in [5.74, 6) is 1.42. The number of ether oxygens (including phenoxy) is 1. The second-order valence-corrected chi connectivity index (χ2v) is 5.90. The highest BCUT2D eigenvalue weighted by molar-refractivity contribution is 6.01. The minimum Gasteiger partial charge on any atom is -0.497 e. The summed E-state index contributed by atoms with van der Waals surface area (Å²) in [5.41, 5.74) is 2.18. The molecule has 0 aliphatic heterocycles. The van der Waals surface area contributed by atoms with E-state index in [0.717, 1.165) is 22.2 Å². The van der Waals surface area contributed by atoms with Gasteiger partial charge in [0.05, 0.1) is 13.7 Å². The average Bonchev–Trinajstić information content (AvgIpc) is 3.10. The van der Waals surface area contributed by atoms with Gasteiger partial charge < -0.3 is 9.15 Å². The Kier molecular flexibility index (Phi) is 3.76. The summed E-state index contributed by atoms with van der Waals surface area (Å²) in [6, 6.07) is 15.2. The Morgan fingerprint density at radius 3 is 2.48 bits per heavy atom. The number of hydrogen-bond donors (Lipinski definition) is 0. The molecule has 0 aliphatic carbocycles. The summed E-state index contributed by atoms with van der Waals surface area (Å²) in [5, 5.41) is 1.48. The molecule has 5 nitrogen and oxygen atoms in total.